The Morgan fingerprint density at radius 2 is 1.71 bits per heavy atom. The summed E-state index contributed by atoms with van der Waals surface area (Å²) in [5, 5.41) is 7.59. The van der Waals surface area contributed by atoms with Gasteiger partial charge in [0.2, 0.25) is 4.80 Å². The van der Waals surface area contributed by atoms with E-state index >= 15 is 0 Å². The lowest BCUT2D eigenvalue weighted by molar-refractivity contribution is 0.349. The van der Waals surface area contributed by atoms with Gasteiger partial charge >= 0.3 is 0 Å². The maximum Gasteiger partial charge on any atom is 0.206 e. The molecule has 0 aliphatic carbocycles. The minimum absolute atomic E-state index is 0.465. The van der Waals surface area contributed by atoms with Gasteiger partial charge in [0.15, 0.2) is 11.5 Å². The molecule has 0 saturated heterocycles. The summed E-state index contributed by atoms with van der Waals surface area (Å²) in [6, 6.07) is 8.99. The average molecular weight is 478 g/mol. The largest absolute Gasteiger partial charge is 0.496 e. The molecule has 31 heavy (non-hydrogen) atoms. The second-order valence-corrected chi connectivity index (χ2v) is 7.82. The average Bonchev–Trinajstić information content (AvgIpc) is 3.19. The van der Waals surface area contributed by atoms with Crippen molar-refractivity contribution in [3.63, 3.8) is 0 Å². The topological polar surface area (TPSA) is 57.3 Å². The third-order valence-electron chi connectivity index (χ3n) is 4.30. The van der Waals surface area contributed by atoms with E-state index in [4.69, 9.17) is 37.4 Å². The molecule has 0 saturated carbocycles. The van der Waals surface area contributed by atoms with Gasteiger partial charge in [0.05, 0.1) is 49.8 Å². The molecule has 0 unspecified atom stereocenters. The van der Waals surface area contributed by atoms with Gasteiger partial charge in [0, 0.05) is 22.6 Å². The van der Waals surface area contributed by atoms with Gasteiger partial charge in [0.25, 0.3) is 0 Å². The number of hydrogen-bond acceptors (Lipinski definition) is 6. The molecule has 2 aromatic carbocycles. The number of nitrogens with zero attached hydrogens (tertiary/aromatic N) is 3. The summed E-state index contributed by atoms with van der Waals surface area (Å²) in [5.74, 6) is 1.73. The molecule has 0 aliphatic heterocycles. The number of thiazole rings is 1. The predicted molar refractivity (Wildman–Crippen MR) is 127 cm³/mol. The van der Waals surface area contributed by atoms with E-state index in [9.17, 15) is 0 Å². The van der Waals surface area contributed by atoms with Crippen molar-refractivity contribution >= 4 is 40.8 Å². The fraction of sp³-hybridized carbons (Fsp3) is 0.182. The van der Waals surface area contributed by atoms with E-state index in [1.54, 1.807) is 62.6 Å². The van der Waals surface area contributed by atoms with Gasteiger partial charge < -0.3 is 14.2 Å². The Kier molecular flexibility index (Phi) is 7.79. The van der Waals surface area contributed by atoms with Crippen LogP contribution in [0.4, 0.5) is 0 Å². The molecule has 0 radical (unpaired) electrons. The zero-order chi connectivity index (χ0) is 22.4. The molecule has 1 aromatic heterocycles. The van der Waals surface area contributed by atoms with Crippen LogP contribution in [0.15, 0.2) is 58.5 Å². The van der Waals surface area contributed by atoms with Crippen molar-refractivity contribution in [2.75, 3.05) is 27.9 Å². The van der Waals surface area contributed by atoms with Crippen LogP contribution in [-0.4, -0.2) is 38.8 Å². The van der Waals surface area contributed by atoms with E-state index < -0.39 is 0 Å². The molecule has 1 heterocycles. The number of benzene rings is 2. The summed E-state index contributed by atoms with van der Waals surface area (Å²) >= 11 is 13.8. The van der Waals surface area contributed by atoms with Crippen molar-refractivity contribution in [1.29, 1.82) is 0 Å². The van der Waals surface area contributed by atoms with E-state index in [0.717, 1.165) is 11.3 Å². The molecule has 0 atom stereocenters. The van der Waals surface area contributed by atoms with Gasteiger partial charge in [-0.25, -0.2) is 4.68 Å². The van der Waals surface area contributed by atoms with Gasteiger partial charge in [-0.3, -0.25) is 4.99 Å². The first-order valence-electron chi connectivity index (χ1n) is 9.14. The fourth-order valence-corrected chi connectivity index (χ4v) is 3.93. The van der Waals surface area contributed by atoms with Gasteiger partial charge in [-0.05, 0) is 18.2 Å². The fourth-order valence-electron chi connectivity index (χ4n) is 2.79. The summed E-state index contributed by atoms with van der Waals surface area (Å²) in [6.07, 6.45) is 3.41. The van der Waals surface area contributed by atoms with Crippen LogP contribution in [0.3, 0.4) is 0 Å². The molecule has 0 bridgehead atoms. The van der Waals surface area contributed by atoms with Gasteiger partial charge in [0.1, 0.15) is 5.75 Å². The Morgan fingerprint density at radius 3 is 2.35 bits per heavy atom. The second kappa shape index (κ2) is 10.5. The maximum atomic E-state index is 6.23. The first kappa shape index (κ1) is 22.9. The highest BCUT2D eigenvalue weighted by atomic mass is 35.5. The molecule has 0 amide bonds. The zero-order valence-electron chi connectivity index (χ0n) is 17.3. The molecule has 0 spiro atoms. The highest BCUT2D eigenvalue weighted by Crippen LogP contribution is 2.34. The van der Waals surface area contributed by atoms with Crippen LogP contribution in [0.1, 0.15) is 5.56 Å². The van der Waals surface area contributed by atoms with E-state index in [2.05, 4.69) is 16.7 Å². The van der Waals surface area contributed by atoms with Crippen LogP contribution in [0, 0.1) is 0 Å². The van der Waals surface area contributed by atoms with E-state index in [1.165, 1.54) is 11.3 Å². The van der Waals surface area contributed by atoms with Crippen molar-refractivity contribution in [1.82, 2.24) is 4.68 Å². The van der Waals surface area contributed by atoms with E-state index in [-0.39, 0.29) is 0 Å². The second-order valence-electron chi connectivity index (χ2n) is 6.17. The van der Waals surface area contributed by atoms with Crippen LogP contribution in [-0.2, 0) is 0 Å². The molecule has 162 valence electrons. The molecule has 0 fully saturated rings. The monoisotopic (exact) mass is 477 g/mol. The summed E-state index contributed by atoms with van der Waals surface area (Å²) in [5.41, 5.74) is 2.40. The summed E-state index contributed by atoms with van der Waals surface area (Å²) < 4.78 is 18.0. The molecule has 3 rings (SSSR count). The minimum Gasteiger partial charge on any atom is -0.496 e. The highest BCUT2D eigenvalue weighted by Gasteiger charge is 2.12. The zero-order valence-corrected chi connectivity index (χ0v) is 19.6. The van der Waals surface area contributed by atoms with Crippen molar-refractivity contribution in [2.45, 2.75) is 0 Å². The SMILES string of the molecule is C=CCN=c1scc(-c2ccc(Cl)c(Cl)c2)n1N=Cc1cc(OC)c(OC)cc1OC. The van der Waals surface area contributed by atoms with Crippen molar-refractivity contribution in [3.05, 3.63) is 68.8 Å². The van der Waals surface area contributed by atoms with Crippen LogP contribution < -0.4 is 19.0 Å². The maximum absolute atomic E-state index is 6.23. The number of halogens is 2. The summed E-state index contributed by atoms with van der Waals surface area (Å²) in [6.45, 7) is 4.20. The molecule has 0 aliphatic rings. The standard InChI is InChI=1S/C22H21Cl2N3O3S/c1-5-8-25-22-27(18(13-31-22)14-6-7-16(23)17(24)9-14)26-12-15-10-20(29-3)21(30-4)11-19(15)28-2/h5-7,9-13H,1,8H2,2-4H3. The molecule has 0 N–H and O–H groups in total. The minimum atomic E-state index is 0.465. The molecule has 3 aromatic rings. The lowest BCUT2D eigenvalue weighted by atomic mass is 10.2. The number of rotatable bonds is 8. The van der Waals surface area contributed by atoms with Crippen LogP contribution in [0.25, 0.3) is 11.3 Å². The smallest absolute Gasteiger partial charge is 0.206 e. The lowest BCUT2D eigenvalue weighted by Crippen LogP contribution is -2.12. The third-order valence-corrected chi connectivity index (χ3v) is 5.90. The third kappa shape index (κ3) is 5.12. The Morgan fingerprint density at radius 1 is 1.00 bits per heavy atom. The quantitative estimate of drug-likeness (QED) is 0.317. The van der Waals surface area contributed by atoms with Crippen molar-refractivity contribution in [2.24, 2.45) is 10.1 Å². The van der Waals surface area contributed by atoms with Crippen molar-refractivity contribution < 1.29 is 14.2 Å². The molecular formula is C22H21Cl2N3O3S. The Balaban J connectivity index is 2.14. The molecule has 9 heteroatoms. The van der Waals surface area contributed by atoms with Crippen molar-refractivity contribution in [3.8, 4) is 28.5 Å². The number of methoxy groups -OCH3 is 3. The van der Waals surface area contributed by atoms with E-state index in [1.807, 2.05) is 11.4 Å². The lowest BCUT2D eigenvalue weighted by Gasteiger charge is -2.12. The molecule has 6 nitrogen and oxygen atoms in total. The van der Waals surface area contributed by atoms with Gasteiger partial charge in [-0.2, -0.15) is 5.10 Å². The Hall–Kier alpha value is -2.74. The predicted octanol–water partition coefficient (Wildman–Crippen LogP) is 5.52. The normalized spacial score (nSPS) is 11.7. The van der Waals surface area contributed by atoms with Crippen LogP contribution in [0.2, 0.25) is 10.0 Å². The van der Waals surface area contributed by atoms with Gasteiger partial charge in [-0.1, -0.05) is 35.3 Å². The number of hydrogen-bond donors (Lipinski definition) is 0. The molecular weight excluding hydrogens is 457 g/mol. The van der Waals surface area contributed by atoms with Gasteiger partial charge in [-0.15, -0.1) is 17.9 Å². The van der Waals surface area contributed by atoms with Crippen LogP contribution >= 0.6 is 34.5 Å². The summed E-state index contributed by atoms with van der Waals surface area (Å²) in [4.78, 5) is 5.25. The summed E-state index contributed by atoms with van der Waals surface area (Å²) in [7, 11) is 4.74. The Labute approximate surface area is 194 Å². The first-order chi connectivity index (χ1) is 15.0. The van der Waals surface area contributed by atoms with E-state index in [0.29, 0.717) is 44.2 Å². The Bertz CT molecular complexity index is 1190. The van der Waals surface area contributed by atoms with Crippen LogP contribution in [0.5, 0.6) is 17.2 Å². The highest BCUT2D eigenvalue weighted by molar-refractivity contribution is 7.07. The number of aromatic nitrogens is 1. The first-order valence-corrected chi connectivity index (χ1v) is 10.8. The number of ether oxygens (including phenoxy) is 3.